The van der Waals surface area contributed by atoms with Crippen molar-refractivity contribution in [2.45, 2.75) is 33.3 Å². The summed E-state index contributed by atoms with van der Waals surface area (Å²) in [5.74, 6) is 0.356. The number of aliphatic hydroxyl groups is 1. The van der Waals surface area contributed by atoms with E-state index in [0.29, 0.717) is 39.4 Å². The number of nitrogens with zero attached hydrogens (tertiary/aromatic N) is 6. The van der Waals surface area contributed by atoms with Crippen LogP contribution in [0.3, 0.4) is 0 Å². The van der Waals surface area contributed by atoms with Crippen LogP contribution in [0.4, 0.5) is 11.4 Å². The zero-order chi connectivity index (χ0) is 26.8. The van der Waals surface area contributed by atoms with Crippen molar-refractivity contribution in [2.24, 2.45) is 19.5 Å². The van der Waals surface area contributed by atoms with Crippen molar-refractivity contribution in [1.82, 2.24) is 28.3 Å². The van der Waals surface area contributed by atoms with Gasteiger partial charge in [-0.3, -0.25) is 18.8 Å². The molecule has 5 heterocycles. The molecule has 0 saturated carbocycles. The molecule has 0 atom stereocenters. The van der Waals surface area contributed by atoms with Gasteiger partial charge in [0.15, 0.2) is 0 Å². The second-order valence-corrected chi connectivity index (χ2v) is 10.8. The van der Waals surface area contributed by atoms with Crippen LogP contribution in [0.1, 0.15) is 30.7 Å². The zero-order valence-electron chi connectivity index (χ0n) is 21.8. The van der Waals surface area contributed by atoms with Crippen LogP contribution < -0.4 is 16.4 Å². The van der Waals surface area contributed by atoms with Crippen LogP contribution in [-0.4, -0.2) is 33.4 Å². The Morgan fingerprint density at radius 2 is 1.89 bits per heavy atom. The lowest BCUT2D eigenvalue weighted by molar-refractivity contribution is 0.281. The summed E-state index contributed by atoms with van der Waals surface area (Å²) in [6.45, 7) is 4.14. The monoisotopic (exact) mass is 511 g/mol. The first-order valence-corrected chi connectivity index (χ1v) is 12.5. The fourth-order valence-electron chi connectivity index (χ4n) is 5.53. The maximum atomic E-state index is 13.6. The van der Waals surface area contributed by atoms with Gasteiger partial charge in [0.05, 0.1) is 18.5 Å². The molecule has 1 aliphatic rings. The van der Waals surface area contributed by atoms with Crippen molar-refractivity contribution in [3.05, 3.63) is 92.9 Å². The number of nitrogens with one attached hydrogen (secondary N) is 1. The molecule has 0 fully saturated rings. The van der Waals surface area contributed by atoms with E-state index in [1.54, 1.807) is 61.9 Å². The Morgan fingerprint density at radius 1 is 1.08 bits per heavy atom. The molecule has 0 radical (unpaired) electrons. The molecule has 194 valence electrons. The van der Waals surface area contributed by atoms with Gasteiger partial charge in [-0.15, -0.1) is 0 Å². The molecule has 0 unspecified atom stereocenters. The predicted molar refractivity (Wildman–Crippen MR) is 145 cm³/mol. The largest absolute Gasteiger partial charge is 0.392 e. The summed E-state index contributed by atoms with van der Waals surface area (Å²) >= 11 is 0. The summed E-state index contributed by atoms with van der Waals surface area (Å²) in [7, 11) is 3.47. The number of anilines is 2. The molecule has 38 heavy (non-hydrogen) atoms. The van der Waals surface area contributed by atoms with Crippen LogP contribution in [0, 0.1) is 5.41 Å². The number of hydrogen-bond donors (Lipinski definition) is 2. The van der Waals surface area contributed by atoms with E-state index in [9.17, 15) is 14.7 Å². The minimum absolute atomic E-state index is 0.182. The predicted octanol–water partition coefficient (Wildman–Crippen LogP) is 2.95. The van der Waals surface area contributed by atoms with Crippen molar-refractivity contribution in [3.8, 4) is 16.9 Å². The summed E-state index contributed by atoms with van der Waals surface area (Å²) in [6, 6.07) is 5.49. The summed E-state index contributed by atoms with van der Waals surface area (Å²) in [5, 5.41) is 17.7. The highest BCUT2D eigenvalue weighted by Gasteiger charge is 2.31. The Kier molecular flexibility index (Phi) is 5.39. The minimum atomic E-state index is -0.337. The van der Waals surface area contributed by atoms with Crippen molar-refractivity contribution in [3.63, 3.8) is 0 Å². The van der Waals surface area contributed by atoms with E-state index < -0.39 is 0 Å². The minimum Gasteiger partial charge on any atom is -0.392 e. The molecule has 0 spiro atoms. The van der Waals surface area contributed by atoms with E-state index in [4.69, 9.17) is 0 Å². The average molecular weight is 512 g/mol. The van der Waals surface area contributed by atoms with Gasteiger partial charge in [-0.1, -0.05) is 13.8 Å². The second kappa shape index (κ2) is 8.56. The lowest BCUT2D eigenvalue weighted by Gasteiger charge is -2.17. The van der Waals surface area contributed by atoms with Gasteiger partial charge in [-0.25, -0.2) is 4.98 Å². The zero-order valence-corrected chi connectivity index (χ0v) is 21.8. The molecule has 0 aromatic carbocycles. The van der Waals surface area contributed by atoms with Gasteiger partial charge >= 0.3 is 0 Å². The Labute approximate surface area is 218 Å². The number of aryl methyl sites for hydroxylation is 2. The first-order valence-electron chi connectivity index (χ1n) is 12.5. The van der Waals surface area contributed by atoms with Crippen LogP contribution in [0.15, 0.2) is 65.0 Å². The molecule has 5 aromatic rings. The maximum absolute atomic E-state index is 13.6. The van der Waals surface area contributed by atoms with E-state index in [0.717, 1.165) is 12.8 Å². The Balaban J connectivity index is 1.47. The van der Waals surface area contributed by atoms with Crippen LogP contribution in [0.5, 0.6) is 0 Å². The Bertz CT molecular complexity index is 1840. The van der Waals surface area contributed by atoms with Crippen LogP contribution >= 0.6 is 0 Å². The van der Waals surface area contributed by atoms with Crippen LogP contribution in [-0.2, 0) is 33.5 Å². The third-order valence-electron chi connectivity index (χ3n) is 7.25. The first kappa shape index (κ1) is 23.9. The summed E-state index contributed by atoms with van der Waals surface area (Å²) < 4.78 is 6.60. The molecule has 6 rings (SSSR count). The van der Waals surface area contributed by atoms with Crippen LogP contribution in [0.25, 0.3) is 22.5 Å². The van der Waals surface area contributed by atoms with Gasteiger partial charge in [-0.05, 0) is 47.6 Å². The molecule has 2 N–H and O–H groups in total. The Hall–Kier alpha value is -4.44. The van der Waals surface area contributed by atoms with Gasteiger partial charge in [0.2, 0.25) is 0 Å². The topological polar surface area (TPSA) is 111 Å². The molecule has 0 aliphatic heterocycles. The number of aromatic nitrogens is 6. The number of hydrogen-bond acceptors (Lipinski definition) is 6. The first-order chi connectivity index (χ1) is 18.1. The van der Waals surface area contributed by atoms with Gasteiger partial charge in [-0.2, -0.15) is 5.10 Å². The van der Waals surface area contributed by atoms with Gasteiger partial charge in [0.25, 0.3) is 11.1 Å². The normalized spacial score (nSPS) is 14.2. The maximum Gasteiger partial charge on any atom is 0.280 e. The smallest absolute Gasteiger partial charge is 0.280 e. The highest BCUT2D eigenvalue weighted by atomic mass is 16.3. The summed E-state index contributed by atoms with van der Waals surface area (Å²) in [5.41, 5.74) is 5.66. The second-order valence-electron chi connectivity index (χ2n) is 10.8. The fraction of sp³-hybridized carbons (Fsp3) is 0.286. The molecule has 5 aromatic heterocycles. The number of pyridine rings is 2. The van der Waals surface area contributed by atoms with Crippen molar-refractivity contribution < 1.29 is 5.11 Å². The van der Waals surface area contributed by atoms with E-state index >= 15 is 0 Å². The van der Waals surface area contributed by atoms with E-state index in [1.807, 2.05) is 16.7 Å². The fourth-order valence-corrected chi connectivity index (χ4v) is 5.53. The third kappa shape index (κ3) is 3.84. The number of fused-ring (bicyclic) bond motifs is 3. The molecule has 10 heteroatoms. The van der Waals surface area contributed by atoms with E-state index in [2.05, 4.69) is 29.2 Å². The molecular weight excluding hydrogens is 482 g/mol. The lowest BCUT2D eigenvalue weighted by atomic mass is 9.90. The van der Waals surface area contributed by atoms with E-state index in [1.165, 1.54) is 20.4 Å². The van der Waals surface area contributed by atoms with Gasteiger partial charge in [0.1, 0.15) is 17.0 Å². The lowest BCUT2D eigenvalue weighted by Crippen LogP contribution is -2.23. The van der Waals surface area contributed by atoms with Crippen molar-refractivity contribution >= 4 is 16.9 Å². The molecule has 0 saturated heterocycles. The number of aliphatic hydroxyl groups excluding tert-OH is 1. The van der Waals surface area contributed by atoms with Crippen molar-refractivity contribution in [2.75, 3.05) is 5.32 Å². The van der Waals surface area contributed by atoms with Gasteiger partial charge < -0.3 is 19.4 Å². The average Bonchev–Trinajstić information content (AvgIpc) is 3.53. The highest BCUT2D eigenvalue weighted by Crippen LogP contribution is 2.37. The summed E-state index contributed by atoms with van der Waals surface area (Å²) in [4.78, 5) is 31.0. The number of rotatable bonds is 5. The Morgan fingerprint density at radius 3 is 2.63 bits per heavy atom. The SMILES string of the molecule is Cn1cc(Nc2cc(-c3ccnc(-n4ccn5c6c(cc5c4=O)CC(C)(C)C6)c3CO)cn(C)c2=O)cn1. The van der Waals surface area contributed by atoms with Crippen molar-refractivity contribution in [1.29, 1.82) is 0 Å². The molecule has 1 aliphatic carbocycles. The standard InChI is InChI=1S/C28H29N7O3/c1-28(2)11-17-10-23-27(38)35(8-7-34(23)24(17)12-28)25-21(16-36)20(5-6-29-25)18-9-22(26(37)32(3)14-18)31-19-13-30-33(4)15-19/h5-10,13-15,31,36H,11-12,16H2,1-4H3. The molecule has 0 amide bonds. The summed E-state index contributed by atoms with van der Waals surface area (Å²) in [6.07, 6.45) is 12.2. The molecule has 0 bridgehead atoms. The quantitative estimate of drug-likeness (QED) is 0.375. The van der Waals surface area contributed by atoms with E-state index in [-0.39, 0.29) is 23.1 Å². The molecule has 10 nitrogen and oxygen atoms in total. The molecular formula is C28H29N7O3. The van der Waals surface area contributed by atoms with Gasteiger partial charge in [0, 0.05) is 61.9 Å². The third-order valence-corrected chi connectivity index (χ3v) is 7.25. The highest BCUT2D eigenvalue weighted by molar-refractivity contribution is 5.73. The van der Waals surface area contributed by atoms with Crippen LogP contribution in [0.2, 0.25) is 0 Å².